The number of rotatable bonds is 1. The maximum Gasteiger partial charge on any atom is 0.0931 e. The monoisotopic (exact) mass is 292 g/mol. The zero-order valence-corrected chi connectivity index (χ0v) is 11.2. The van der Waals surface area contributed by atoms with Crippen molar-refractivity contribution < 1.29 is 0 Å². The van der Waals surface area contributed by atoms with Gasteiger partial charge in [0, 0.05) is 9.70 Å². The molecule has 1 aliphatic rings. The summed E-state index contributed by atoms with van der Waals surface area (Å²) in [7, 11) is 0. The molecule has 1 aromatic rings. The third kappa shape index (κ3) is 2.74. The lowest BCUT2D eigenvalue weighted by molar-refractivity contribution is 0.609. The fraction of sp³-hybridized carbons (Fsp3) is 0.636. The predicted octanol–water partition coefficient (Wildman–Crippen LogP) is 5.21. The fourth-order valence-corrected chi connectivity index (χ4v) is 4.09. The normalized spacial score (nSPS) is 28.7. The molecule has 3 heteroatoms. The highest BCUT2D eigenvalue weighted by molar-refractivity contribution is 9.09. The summed E-state index contributed by atoms with van der Waals surface area (Å²) in [5.41, 5.74) is 0. The van der Waals surface area contributed by atoms with Crippen LogP contribution in [0.4, 0.5) is 0 Å². The molecule has 1 fully saturated rings. The smallest absolute Gasteiger partial charge is 0.0931 e. The van der Waals surface area contributed by atoms with E-state index in [1.54, 1.807) is 11.3 Å². The molecular weight excluding hydrogens is 280 g/mol. The third-order valence-electron chi connectivity index (χ3n) is 2.86. The maximum absolute atomic E-state index is 5.96. The lowest BCUT2D eigenvalue weighted by Gasteiger charge is -2.13. The van der Waals surface area contributed by atoms with Gasteiger partial charge in [0.15, 0.2) is 0 Å². The topological polar surface area (TPSA) is 0 Å². The number of thiophene rings is 1. The molecule has 0 radical (unpaired) electrons. The Balaban J connectivity index is 2.08. The summed E-state index contributed by atoms with van der Waals surface area (Å²) in [6.45, 7) is 0. The third-order valence-corrected chi connectivity index (χ3v) is 5.08. The molecule has 0 spiro atoms. The molecule has 1 heterocycles. The summed E-state index contributed by atoms with van der Waals surface area (Å²) in [6.07, 6.45) is 6.67. The standard InChI is InChI=1S/C11H14BrClS/c12-9-4-2-1-3-8(7-9)10-5-6-11(13)14-10/h5-6,8-9H,1-4,7H2. The van der Waals surface area contributed by atoms with Crippen molar-refractivity contribution in [2.45, 2.75) is 42.8 Å². The van der Waals surface area contributed by atoms with Crippen LogP contribution in [0, 0.1) is 0 Å². The van der Waals surface area contributed by atoms with Gasteiger partial charge in [0.1, 0.15) is 0 Å². The largest absolute Gasteiger partial charge is 0.128 e. The maximum atomic E-state index is 5.96. The van der Waals surface area contributed by atoms with Gasteiger partial charge in [0.05, 0.1) is 4.34 Å². The molecule has 1 aromatic heterocycles. The van der Waals surface area contributed by atoms with Crippen molar-refractivity contribution in [3.05, 3.63) is 21.3 Å². The van der Waals surface area contributed by atoms with E-state index in [0.717, 1.165) is 10.3 Å². The summed E-state index contributed by atoms with van der Waals surface area (Å²) in [5, 5.41) is 0. The molecule has 1 aliphatic carbocycles. The van der Waals surface area contributed by atoms with Gasteiger partial charge in [0.2, 0.25) is 0 Å². The molecule has 0 N–H and O–H groups in total. The van der Waals surface area contributed by atoms with E-state index in [1.165, 1.54) is 37.0 Å². The van der Waals surface area contributed by atoms with Gasteiger partial charge in [0.25, 0.3) is 0 Å². The van der Waals surface area contributed by atoms with Crippen molar-refractivity contribution >= 4 is 38.9 Å². The number of hydrogen-bond acceptors (Lipinski definition) is 1. The van der Waals surface area contributed by atoms with E-state index >= 15 is 0 Å². The second kappa shape index (κ2) is 5.00. The van der Waals surface area contributed by atoms with Crippen LogP contribution in [0.3, 0.4) is 0 Å². The Morgan fingerprint density at radius 3 is 2.79 bits per heavy atom. The van der Waals surface area contributed by atoms with Crippen LogP contribution in [0.15, 0.2) is 12.1 Å². The first-order valence-corrected chi connectivity index (χ1v) is 7.26. The van der Waals surface area contributed by atoms with Gasteiger partial charge in [-0.15, -0.1) is 11.3 Å². The number of halogens is 2. The molecule has 0 aliphatic heterocycles. The minimum atomic E-state index is 0.705. The Hall–Kier alpha value is 0.470. The Labute approximate surface area is 103 Å². The molecule has 0 nitrogen and oxygen atoms in total. The van der Waals surface area contributed by atoms with E-state index in [2.05, 4.69) is 22.0 Å². The van der Waals surface area contributed by atoms with Crippen LogP contribution in [-0.4, -0.2) is 4.83 Å². The summed E-state index contributed by atoms with van der Waals surface area (Å²) >= 11 is 11.5. The zero-order valence-electron chi connectivity index (χ0n) is 8.01. The number of hydrogen-bond donors (Lipinski definition) is 0. The molecule has 2 unspecified atom stereocenters. The van der Waals surface area contributed by atoms with Gasteiger partial charge in [-0.3, -0.25) is 0 Å². The predicted molar refractivity (Wildman–Crippen MR) is 67.9 cm³/mol. The second-order valence-electron chi connectivity index (χ2n) is 3.96. The SMILES string of the molecule is Clc1ccc(C2CCCCC(Br)C2)s1. The average Bonchev–Trinajstić information content (AvgIpc) is 2.45. The van der Waals surface area contributed by atoms with Crippen molar-refractivity contribution in [2.75, 3.05) is 0 Å². The minimum absolute atomic E-state index is 0.705. The lowest BCUT2D eigenvalue weighted by atomic mass is 9.99. The van der Waals surface area contributed by atoms with Crippen LogP contribution >= 0.6 is 38.9 Å². The molecule has 78 valence electrons. The highest BCUT2D eigenvalue weighted by Gasteiger charge is 2.20. The first-order chi connectivity index (χ1) is 6.75. The minimum Gasteiger partial charge on any atom is -0.128 e. The highest BCUT2D eigenvalue weighted by atomic mass is 79.9. The van der Waals surface area contributed by atoms with Crippen LogP contribution in [-0.2, 0) is 0 Å². The van der Waals surface area contributed by atoms with E-state index in [4.69, 9.17) is 11.6 Å². The van der Waals surface area contributed by atoms with Crippen molar-refractivity contribution in [1.29, 1.82) is 0 Å². The zero-order chi connectivity index (χ0) is 9.97. The molecule has 2 atom stereocenters. The lowest BCUT2D eigenvalue weighted by Crippen LogP contribution is -2.01. The highest BCUT2D eigenvalue weighted by Crippen LogP contribution is 2.38. The van der Waals surface area contributed by atoms with Crippen LogP contribution in [0.1, 0.15) is 42.9 Å². The Morgan fingerprint density at radius 2 is 2.07 bits per heavy atom. The fourth-order valence-electron chi connectivity index (χ4n) is 2.11. The van der Waals surface area contributed by atoms with Gasteiger partial charge >= 0.3 is 0 Å². The summed E-state index contributed by atoms with van der Waals surface area (Å²) in [4.78, 5) is 2.18. The summed E-state index contributed by atoms with van der Waals surface area (Å²) in [6, 6.07) is 4.22. The van der Waals surface area contributed by atoms with Gasteiger partial charge in [-0.2, -0.15) is 0 Å². The van der Waals surface area contributed by atoms with Crippen molar-refractivity contribution in [2.24, 2.45) is 0 Å². The molecule has 2 rings (SSSR count). The molecule has 0 bridgehead atoms. The van der Waals surface area contributed by atoms with Gasteiger partial charge in [-0.1, -0.05) is 40.4 Å². The van der Waals surface area contributed by atoms with Crippen molar-refractivity contribution in [3.63, 3.8) is 0 Å². The first kappa shape index (κ1) is 11.0. The molecule has 0 amide bonds. The Morgan fingerprint density at radius 1 is 1.29 bits per heavy atom. The van der Waals surface area contributed by atoms with E-state index in [9.17, 15) is 0 Å². The van der Waals surface area contributed by atoms with Gasteiger partial charge in [-0.25, -0.2) is 0 Å². The van der Waals surface area contributed by atoms with E-state index in [0.29, 0.717) is 4.83 Å². The molecule has 14 heavy (non-hydrogen) atoms. The average molecular weight is 294 g/mol. The van der Waals surface area contributed by atoms with E-state index in [1.807, 2.05) is 6.07 Å². The van der Waals surface area contributed by atoms with Gasteiger partial charge < -0.3 is 0 Å². The van der Waals surface area contributed by atoms with Crippen LogP contribution < -0.4 is 0 Å². The summed E-state index contributed by atoms with van der Waals surface area (Å²) in [5.74, 6) is 0.736. The molecule has 0 saturated heterocycles. The second-order valence-corrected chi connectivity index (χ2v) is 7.00. The number of alkyl halides is 1. The van der Waals surface area contributed by atoms with Crippen LogP contribution in [0.25, 0.3) is 0 Å². The van der Waals surface area contributed by atoms with E-state index < -0.39 is 0 Å². The van der Waals surface area contributed by atoms with E-state index in [-0.39, 0.29) is 0 Å². The molecule has 0 aromatic carbocycles. The Bertz CT molecular complexity index is 297. The van der Waals surface area contributed by atoms with Crippen LogP contribution in [0.5, 0.6) is 0 Å². The van der Waals surface area contributed by atoms with Gasteiger partial charge in [-0.05, 0) is 37.3 Å². The van der Waals surface area contributed by atoms with Crippen molar-refractivity contribution in [1.82, 2.24) is 0 Å². The first-order valence-electron chi connectivity index (χ1n) is 5.15. The molecule has 1 saturated carbocycles. The van der Waals surface area contributed by atoms with Crippen molar-refractivity contribution in [3.8, 4) is 0 Å². The van der Waals surface area contributed by atoms with Crippen LogP contribution in [0.2, 0.25) is 4.34 Å². The quantitative estimate of drug-likeness (QED) is 0.492. The Kier molecular flexibility index (Phi) is 3.92. The molecular formula is C11H14BrClS. The summed E-state index contributed by atoms with van der Waals surface area (Å²) < 4.78 is 0.926.